The minimum atomic E-state index is -0.645. The van der Waals surface area contributed by atoms with Crippen LogP contribution in [0.3, 0.4) is 0 Å². The summed E-state index contributed by atoms with van der Waals surface area (Å²) in [5.74, 6) is -0.557. The number of H-pyrrole nitrogens is 1. The van der Waals surface area contributed by atoms with Gasteiger partial charge < -0.3 is 19.6 Å². The molecule has 6 nitrogen and oxygen atoms in total. The highest BCUT2D eigenvalue weighted by Gasteiger charge is 2.21. The molecule has 22 heavy (non-hydrogen) atoms. The van der Waals surface area contributed by atoms with Crippen LogP contribution in [0.4, 0.5) is 0 Å². The number of aliphatic hydroxyl groups excluding tert-OH is 1. The Kier molecular flexibility index (Phi) is 3.20. The highest BCUT2D eigenvalue weighted by molar-refractivity contribution is 6.00. The van der Waals surface area contributed by atoms with E-state index in [2.05, 4.69) is 11.1 Å². The van der Waals surface area contributed by atoms with Crippen LogP contribution in [-0.4, -0.2) is 15.2 Å². The number of nitrogens with zero attached hydrogens (tertiary/aromatic N) is 1. The summed E-state index contributed by atoms with van der Waals surface area (Å²) >= 11 is 0. The van der Waals surface area contributed by atoms with Gasteiger partial charge in [0.1, 0.15) is 12.4 Å². The lowest BCUT2D eigenvalue weighted by atomic mass is 10.0. The van der Waals surface area contributed by atoms with Gasteiger partial charge in [-0.2, -0.15) is 5.26 Å². The molecule has 2 heterocycles. The van der Waals surface area contributed by atoms with Gasteiger partial charge in [-0.3, -0.25) is 4.79 Å². The van der Waals surface area contributed by atoms with Crippen molar-refractivity contribution < 1.29 is 14.6 Å². The van der Waals surface area contributed by atoms with Crippen LogP contribution in [0.15, 0.2) is 33.5 Å². The molecule has 0 aliphatic carbocycles. The average molecular weight is 296 g/mol. The third-order valence-corrected chi connectivity index (χ3v) is 3.49. The van der Waals surface area contributed by atoms with Gasteiger partial charge in [0.05, 0.1) is 17.2 Å². The van der Waals surface area contributed by atoms with E-state index in [-0.39, 0.29) is 11.5 Å². The van der Waals surface area contributed by atoms with E-state index in [0.29, 0.717) is 27.7 Å². The zero-order valence-electron chi connectivity index (χ0n) is 11.7. The highest BCUT2D eigenvalue weighted by Crippen LogP contribution is 2.37. The third kappa shape index (κ3) is 1.96. The molecule has 3 aromatic rings. The third-order valence-electron chi connectivity index (χ3n) is 3.49. The Bertz CT molecular complexity index is 976. The maximum atomic E-state index is 11.8. The van der Waals surface area contributed by atoms with Crippen molar-refractivity contribution in [2.75, 3.05) is 0 Å². The van der Waals surface area contributed by atoms with Crippen molar-refractivity contribution in [3.05, 3.63) is 51.5 Å². The van der Waals surface area contributed by atoms with Crippen LogP contribution < -0.4 is 5.43 Å². The van der Waals surface area contributed by atoms with Gasteiger partial charge in [0.2, 0.25) is 11.2 Å². The molecule has 3 rings (SSSR count). The summed E-state index contributed by atoms with van der Waals surface area (Å²) < 4.78 is 5.44. The molecule has 110 valence electrons. The quantitative estimate of drug-likeness (QED) is 0.671. The first kappa shape index (κ1) is 13.9. The molecule has 0 amide bonds. The second kappa shape index (κ2) is 5.06. The Hall–Kier alpha value is -3.04. The fourth-order valence-corrected chi connectivity index (χ4v) is 2.54. The SMILES string of the molecule is Cc1[nH]c2cccc(C#N)c2c1-c1oc(CO)cc(=O)c1O. The van der Waals surface area contributed by atoms with Crippen molar-refractivity contribution in [1.29, 1.82) is 5.26 Å². The Morgan fingerprint density at radius 3 is 2.86 bits per heavy atom. The topological polar surface area (TPSA) is 110 Å². The van der Waals surface area contributed by atoms with E-state index in [1.54, 1.807) is 25.1 Å². The van der Waals surface area contributed by atoms with Crippen LogP contribution in [0, 0.1) is 18.3 Å². The first-order valence-corrected chi connectivity index (χ1v) is 6.55. The first-order valence-electron chi connectivity index (χ1n) is 6.55. The van der Waals surface area contributed by atoms with Crippen LogP contribution in [0.25, 0.3) is 22.2 Å². The Morgan fingerprint density at radius 1 is 1.41 bits per heavy atom. The van der Waals surface area contributed by atoms with E-state index < -0.39 is 17.8 Å². The molecular weight excluding hydrogens is 284 g/mol. The van der Waals surface area contributed by atoms with Crippen molar-refractivity contribution in [2.45, 2.75) is 13.5 Å². The van der Waals surface area contributed by atoms with Crippen LogP contribution in [0.1, 0.15) is 17.0 Å². The number of aliphatic hydroxyl groups is 1. The number of aromatic hydroxyl groups is 1. The van der Waals surface area contributed by atoms with Gasteiger partial charge in [0.15, 0.2) is 5.76 Å². The van der Waals surface area contributed by atoms with Crippen molar-refractivity contribution in [2.24, 2.45) is 0 Å². The Morgan fingerprint density at radius 2 is 2.18 bits per heavy atom. The molecule has 0 aliphatic rings. The van der Waals surface area contributed by atoms with Gasteiger partial charge in [0.25, 0.3) is 0 Å². The summed E-state index contributed by atoms with van der Waals surface area (Å²) in [4.78, 5) is 14.9. The van der Waals surface area contributed by atoms with E-state index in [4.69, 9.17) is 4.42 Å². The Balaban J connectivity index is 2.46. The molecule has 0 bridgehead atoms. The monoisotopic (exact) mass is 296 g/mol. The maximum absolute atomic E-state index is 11.8. The zero-order chi connectivity index (χ0) is 15.9. The summed E-state index contributed by atoms with van der Waals surface area (Å²) in [5, 5.41) is 29.1. The average Bonchev–Trinajstić information content (AvgIpc) is 2.85. The van der Waals surface area contributed by atoms with Gasteiger partial charge in [-0.1, -0.05) is 6.07 Å². The lowest BCUT2D eigenvalue weighted by Crippen LogP contribution is -2.03. The molecular formula is C16H12N2O4. The Labute approximate surface area is 124 Å². The van der Waals surface area contributed by atoms with Gasteiger partial charge >= 0.3 is 0 Å². The lowest BCUT2D eigenvalue weighted by Gasteiger charge is -2.06. The van der Waals surface area contributed by atoms with Crippen LogP contribution >= 0.6 is 0 Å². The predicted molar refractivity (Wildman–Crippen MR) is 79.3 cm³/mol. The number of hydrogen-bond acceptors (Lipinski definition) is 5. The van der Waals surface area contributed by atoms with E-state index >= 15 is 0 Å². The van der Waals surface area contributed by atoms with Gasteiger partial charge in [-0.15, -0.1) is 0 Å². The van der Waals surface area contributed by atoms with Gasteiger partial charge in [-0.05, 0) is 19.1 Å². The zero-order valence-corrected chi connectivity index (χ0v) is 11.7. The van der Waals surface area contributed by atoms with Crippen molar-refractivity contribution in [3.63, 3.8) is 0 Å². The molecule has 0 saturated carbocycles. The fraction of sp³-hybridized carbons (Fsp3) is 0.125. The molecule has 6 heteroatoms. The minimum Gasteiger partial charge on any atom is -0.502 e. The number of fused-ring (bicyclic) bond motifs is 1. The molecule has 3 N–H and O–H groups in total. The molecule has 0 fully saturated rings. The lowest BCUT2D eigenvalue weighted by molar-refractivity contribution is 0.243. The number of nitrogens with one attached hydrogen (secondary N) is 1. The molecule has 0 aliphatic heterocycles. The van der Waals surface area contributed by atoms with Crippen LogP contribution in [0.2, 0.25) is 0 Å². The molecule has 0 unspecified atom stereocenters. The molecule has 0 radical (unpaired) electrons. The number of benzene rings is 1. The highest BCUT2D eigenvalue weighted by atomic mass is 16.4. The van der Waals surface area contributed by atoms with Gasteiger partial charge in [0, 0.05) is 22.7 Å². The summed E-state index contributed by atoms with van der Waals surface area (Å²) in [5.41, 5.74) is 1.54. The summed E-state index contributed by atoms with van der Waals surface area (Å²) in [7, 11) is 0. The predicted octanol–water partition coefficient (Wildman–Crippen LogP) is 2.17. The molecule has 0 atom stereocenters. The van der Waals surface area contributed by atoms with Crippen molar-refractivity contribution in [1.82, 2.24) is 4.98 Å². The number of rotatable bonds is 2. The standard InChI is InChI=1S/C16H12N2O4/c1-8-13(14-9(6-17)3-2-4-11(14)18-8)16-15(21)12(20)5-10(7-19)22-16/h2-5,18-19,21H,7H2,1H3. The first-order chi connectivity index (χ1) is 10.6. The minimum absolute atomic E-state index is 0.0426. The second-order valence-electron chi connectivity index (χ2n) is 4.88. The van der Waals surface area contributed by atoms with Crippen molar-refractivity contribution >= 4 is 10.9 Å². The maximum Gasteiger partial charge on any atom is 0.227 e. The van der Waals surface area contributed by atoms with Crippen LogP contribution in [0.5, 0.6) is 5.75 Å². The summed E-state index contributed by atoms with van der Waals surface area (Å²) in [6.07, 6.45) is 0. The number of aromatic nitrogens is 1. The number of aromatic amines is 1. The van der Waals surface area contributed by atoms with E-state index in [1.165, 1.54) is 0 Å². The fourth-order valence-electron chi connectivity index (χ4n) is 2.54. The van der Waals surface area contributed by atoms with E-state index in [9.17, 15) is 20.3 Å². The smallest absolute Gasteiger partial charge is 0.227 e. The number of aryl methyl sites for hydroxylation is 1. The molecule has 0 spiro atoms. The number of hydrogen-bond donors (Lipinski definition) is 3. The summed E-state index contributed by atoms with van der Waals surface area (Å²) in [6.45, 7) is 1.29. The molecule has 0 saturated heterocycles. The normalized spacial score (nSPS) is 10.8. The van der Waals surface area contributed by atoms with E-state index in [1.807, 2.05) is 0 Å². The molecule has 2 aromatic heterocycles. The summed E-state index contributed by atoms with van der Waals surface area (Å²) in [6, 6.07) is 8.29. The largest absolute Gasteiger partial charge is 0.502 e. The van der Waals surface area contributed by atoms with Gasteiger partial charge in [-0.25, -0.2) is 0 Å². The van der Waals surface area contributed by atoms with Crippen molar-refractivity contribution in [3.8, 4) is 23.1 Å². The van der Waals surface area contributed by atoms with Crippen LogP contribution in [-0.2, 0) is 6.61 Å². The second-order valence-corrected chi connectivity index (χ2v) is 4.88. The number of nitriles is 1. The molecule has 1 aromatic carbocycles. The van der Waals surface area contributed by atoms with E-state index in [0.717, 1.165) is 6.07 Å².